The highest BCUT2D eigenvalue weighted by atomic mass is 16.5. The number of ether oxygens (including phenoxy) is 2. The Morgan fingerprint density at radius 1 is 1.08 bits per heavy atom. The number of methoxy groups -OCH3 is 2. The molecular weight excluding hydrogens is 498 g/mol. The predicted octanol–water partition coefficient (Wildman–Crippen LogP) is 3.97. The highest BCUT2D eigenvalue weighted by molar-refractivity contribution is 6.10. The number of fused-ring (bicyclic) bond motifs is 3. The molecule has 1 saturated carbocycles. The van der Waals surface area contributed by atoms with Crippen molar-refractivity contribution < 1.29 is 19.1 Å². The summed E-state index contributed by atoms with van der Waals surface area (Å²) in [5.41, 5.74) is 4.47. The van der Waals surface area contributed by atoms with Crippen LogP contribution in [0.25, 0.3) is 10.9 Å². The topological polar surface area (TPSA) is 125 Å². The zero-order valence-electron chi connectivity index (χ0n) is 21.7. The molecule has 198 valence electrons. The van der Waals surface area contributed by atoms with Crippen LogP contribution >= 0.6 is 0 Å². The number of pyridine rings is 1. The number of anilines is 4. The maximum atomic E-state index is 13.1. The van der Waals surface area contributed by atoms with Crippen LogP contribution in [-0.4, -0.2) is 66.4 Å². The molecule has 0 unspecified atom stereocenters. The van der Waals surface area contributed by atoms with Crippen molar-refractivity contribution in [3.8, 4) is 11.6 Å². The summed E-state index contributed by atoms with van der Waals surface area (Å²) in [6.45, 7) is 1.25. The quantitative estimate of drug-likeness (QED) is 0.348. The van der Waals surface area contributed by atoms with Crippen LogP contribution in [0.4, 0.5) is 27.7 Å². The second-order valence-corrected chi connectivity index (χ2v) is 10.2. The fraction of sp³-hybridized carbons (Fsp3) is 0.286. The third-order valence-electron chi connectivity index (χ3n) is 8.12. The minimum Gasteiger partial charge on any atom is -0.497 e. The lowest BCUT2D eigenvalue weighted by molar-refractivity contribution is -0.118. The van der Waals surface area contributed by atoms with Crippen molar-refractivity contribution in [1.82, 2.24) is 20.1 Å². The first-order valence-electron chi connectivity index (χ1n) is 12.7. The van der Waals surface area contributed by atoms with Gasteiger partial charge in [0.2, 0.25) is 11.8 Å². The predicted molar refractivity (Wildman–Crippen MR) is 146 cm³/mol. The van der Waals surface area contributed by atoms with E-state index in [0.717, 1.165) is 39.9 Å². The highest BCUT2D eigenvalue weighted by Crippen LogP contribution is 2.65. The van der Waals surface area contributed by atoms with Gasteiger partial charge >= 0.3 is 6.03 Å². The van der Waals surface area contributed by atoms with Crippen molar-refractivity contribution in [1.29, 1.82) is 0 Å². The smallest absolute Gasteiger partial charge is 0.324 e. The molecule has 2 atom stereocenters. The molecule has 2 fully saturated rings. The van der Waals surface area contributed by atoms with Crippen LogP contribution in [0.5, 0.6) is 11.6 Å². The van der Waals surface area contributed by atoms with Gasteiger partial charge in [0.1, 0.15) is 11.4 Å². The molecule has 11 nitrogen and oxygen atoms in total. The maximum Gasteiger partial charge on any atom is 0.324 e. The van der Waals surface area contributed by atoms with Crippen LogP contribution in [0.15, 0.2) is 48.7 Å². The monoisotopic (exact) mass is 525 g/mol. The van der Waals surface area contributed by atoms with Gasteiger partial charge in [0.15, 0.2) is 5.82 Å². The van der Waals surface area contributed by atoms with Gasteiger partial charge in [-0.25, -0.2) is 9.78 Å². The summed E-state index contributed by atoms with van der Waals surface area (Å²) in [5.74, 6) is 1.84. The zero-order chi connectivity index (χ0) is 26.9. The third-order valence-corrected chi connectivity index (χ3v) is 8.12. The molecule has 1 aliphatic carbocycles. The summed E-state index contributed by atoms with van der Waals surface area (Å²) in [6, 6.07) is 13.6. The molecule has 0 bridgehead atoms. The van der Waals surface area contributed by atoms with Gasteiger partial charge in [0.25, 0.3) is 0 Å². The molecule has 2 aliphatic heterocycles. The number of aromatic nitrogens is 3. The number of nitrogens with zero attached hydrogens (tertiary/aromatic N) is 4. The van der Waals surface area contributed by atoms with E-state index in [0.29, 0.717) is 36.2 Å². The van der Waals surface area contributed by atoms with E-state index in [1.807, 2.05) is 30.3 Å². The standard InChI is InChI=1S/C28H27N7O4/c1-34-8-9-35(27(34)37)16-11-23(25(39-3)29-14-16)30-24-18-6-4-15(10-22(18)32-33-24)20-13-28(20)19-12-17(38-2)5-7-21(19)31-26(28)36/h4-7,10-12,14,20H,8-9,13H2,1-3H3,(H,31,36)(H2,30,32,33)/t20-,28-/m0/s1. The van der Waals surface area contributed by atoms with Gasteiger partial charge in [-0.1, -0.05) is 6.07 Å². The number of urea groups is 1. The number of hydrogen-bond acceptors (Lipinski definition) is 7. The van der Waals surface area contributed by atoms with E-state index in [1.165, 1.54) is 0 Å². The van der Waals surface area contributed by atoms with Crippen LogP contribution in [0, 0.1) is 0 Å². The Morgan fingerprint density at radius 3 is 2.72 bits per heavy atom. The van der Waals surface area contributed by atoms with E-state index in [1.54, 1.807) is 37.3 Å². The van der Waals surface area contributed by atoms with Gasteiger partial charge in [0, 0.05) is 37.1 Å². The number of aromatic amines is 1. The molecule has 3 aliphatic rings. The van der Waals surface area contributed by atoms with Crippen LogP contribution in [-0.2, 0) is 10.2 Å². The number of nitrogens with one attached hydrogen (secondary N) is 3. The van der Waals surface area contributed by atoms with E-state index in [4.69, 9.17) is 9.47 Å². The minimum absolute atomic E-state index is 0.0324. The molecule has 39 heavy (non-hydrogen) atoms. The summed E-state index contributed by atoms with van der Waals surface area (Å²) in [5, 5.41) is 14.9. The summed E-state index contributed by atoms with van der Waals surface area (Å²) < 4.78 is 10.9. The number of carbonyl (C=O) groups excluding carboxylic acids is 2. The first-order valence-corrected chi connectivity index (χ1v) is 12.7. The Bertz CT molecular complexity index is 1670. The fourth-order valence-electron chi connectivity index (χ4n) is 5.90. The van der Waals surface area contributed by atoms with Crippen molar-refractivity contribution in [2.75, 3.05) is 49.9 Å². The van der Waals surface area contributed by atoms with E-state index < -0.39 is 5.41 Å². The maximum absolute atomic E-state index is 13.1. The third kappa shape index (κ3) is 3.42. The van der Waals surface area contributed by atoms with Gasteiger partial charge in [-0.15, -0.1) is 0 Å². The lowest BCUT2D eigenvalue weighted by atomic mass is 9.91. The number of carbonyl (C=O) groups is 2. The largest absolute Gasteiger partial charge is 0.497 e. The number of H-pyrrole nitrogens is 1. The van der Waals surface area contributed by atoms with E-state index in [2.05, 4.69) is 37.9 Å². The lowest BCUT2D eigenvalue weighted by Crippen LogP contribution is -2.29. The van der Waals surface area contributed by atoms with E-state index >= 15 is 0 Å². The van der Waals surface area contributed by atoms with Gasteiger partial charge < -0.3 is 25.0 Å². The highest BCUT2D eigenvalue weighted by Gasteiger charge is 2.65. The van der Waals surface area contributed by atoms with E-state index in [-0.39, 0.29) is 17.9 Å². The molecule has 3 N–H and O–H groups in total. The summed E-state index contributed by atoms with van der Waals surface area (Å²) >= 11 is 0. The van der Waals surface area contributed by atoms with Crippen LogP contribution < -0.4 is 25.0 Å². The van der Waals surface area contributed by atoms with Crippen molar-refractivity contribution in [2.24, 2.45) is 0 Å². The Kier molecular flexibility index (Phi) is 5.00. The Balaban J connectivity index is 1.18. The molecule has 3 amide bonds. The van der Waals surface area contributed by atoms with Crippen molar-refractivity contribution in [2.45, 2.75) is 17.8 Å². The first kappa shape index (κ1) is 23.3. The van der Waals surface area contributed by atoms with Gasteiger partial charge in [-0.2, -0.15) is 5.10 Å². The molecule has 4 heterocycles. The average molecular weight is 526 g/mol. The molecular formula is C28H27N7O4. The van der Waals surface area contributed by atoms with Gasteiger partial charge in [-0.05, 0) is 53.9 Å². The Morgan fingerprint density at radius 2 is 1.95 bits per heavy atom. The van der Waals surface area contributed by atoms with Crippen LogP contribution in [0.2, 0.25) is 0 Å². The second-order valence-electron chi connectivity index (χ2n) is 10.2. The lowest BCUT2D eigenvalue weighted by Gasteiger charge is -2.18. The summed E-state index contributed by atoms with van der Waals surface area (Å²) in [6.07, 6.45) is 2.37. The van der Waals surface area contributed by atoms with Gasteiger partial charge in [-0.3, -0.25) is 14.8 Å². The minimum atomic E-state index is -0.570. The molecule has 2 aromatic heterocycles. The number of benzene rings is 2. The van der Waals surface area contributed by atoms with Crippen molar-refractivity contribution in [3.63, 3.8) is 0 Å². The Hall–Kier alpha value is -4.80. The van der Waals surface area contributed by atoms with Gasteiger partial charge in [0.05, 0.1) is 37.0 Å². The Labute approximate surface area is 224 Å². The number of hydrogen-bond donors (Lipinski definition) is 3. The summed E-state index contributed by atoms with van der Waals surface area (Å²) in [4.78, 5) is 33.3. The number of rotatable bonds is 6. The average Bonchev–Trinajstić information content (AvgIpc) is 3.33. The number of likely N-dealkylation sites (N-methyl/N-ethyl adjacent to an activating group) is 1. The van der Waals surface area contributed by atoms with Crippen molar-refractivity contribution in [3.05, 3.63) is 59.8 Å². The zero-order valence-corrected chi connectivity index (χ0v) is 21.7. The first-order chi connectivity index (χ1) is 18.9. The van der Waals surface area contributed by atoms with Crippen molar-refractivity contribution >= 4 is 45.7 Å². The SMILES string of the molecule is COc1ccc2c(c1)[C@]1(C[C@H]1c1ccc3c(Nc4cc(N5CCN(C)C5=O)cnc4OC)n[nH]c3c1)C(=O)N2. The normalized spacial score (nSPS) is 21.5. The summed E-state index contributed by atoms with van der Waals surface area (Å²) in [7, 11) is 4.96. The molecule has 4 aromatic rings. The number of amides is 3. The fourth-order valence-corrected chi connectivity index (χ4v) is 5.90. The van der Waals surface area contributed by atoms with Crippen LogP contribution in [0.1, 0.15) is 23.5 Å². The van der Waals surface area contributed by atoms with Crippen LogP contribution in [0.3, 0.4) is 0 Å². The molecule has 0 radical (unpaired) electrons. The molecule has 7 rings (SSSR count). The molecule has 11 heteroatoms. The molecule has 1 saturated heterocycles. The van der Waals surface area contributed by atoms with E-state index in [9.17, 15) is 9.59 Å². The molecule has 2 aromatic carbocycles. The molecule has 1 spiro atoms. The second kappa shape index (κ2) is 8.35.